The molecule has 0 spiro atoms. The molecule has 0 saturated heterocycles. The summed E-state index contributed by atoms with van der Waals surface area (Å²) in [5, 5.41) is 0. The van der Waals surface area contributed by atoms with E-state index in [1.54, 1.807) is 0 Å². The molecule has 0 heterocycles. The number of ether oxygens (including phenoxy) is 3. The van der Waals surface area contributed by atoms with Crippen LogP contribution in [0, 0.1) is 0 Å². The number of allylic oxidation sites excluding steroid dienone is 6. The summed E-state index contributed by atoms with van der Waals surface area (Å²) in [6.45, 7) is 6.50. The molecule has 0 rings (SSSR count). The zero-order valence-corrected chi connectivity index (χ0v) is 37.2. The van der Waals surface area contributed by atoms with Gasteiger partial charge in [-0.15, -0.1) is 0 Å². The van der Waals surface area contributed by atoms with Crippen LogP contribution in [-0.4, -0.2) is 37.2 Å². The number of hydrogen-bond donors (Lipinski definition) is 0. The molecule has 0 aromatic heterocycles. The highest BCUT2D eigenvalue weighted by atomic mass is 16.6. The average Bonchev–Trinajstić information content (AvgIpc) is 3.19. The van der Waals surface area contributed by atoms with Crippen molar-refractivity contribution in [2.45, 2.75) is 252 Å². The van der Waals surface area contributed by atoms with Crippen LogP contribution in [-0.2, 0) is 28.6 Å². The number of hydrogen-bond acceptors (Lipinski definition) is 6. The molecule has 0 N–H and O–H groups in total. The van der Waals surface area contributed by atoms with E-state index in [0.717, 1.165) is 83.5 Å². The first-order valence-corrected chi connectivity index (χ1v) is 24.0. The Labute approximate surface area is 346 Å². The first-order chi connectivity index (χ1) is 27.5. The standard InChI is InChI=1S/C50H90O6/c1-4-7-10-13-16-19-22-24-26-28-31-34-37-40-43-49(52)55-46-47(45-54-48(51)42-39-36-33-30-27-21-18-15-12-9-6-3)56-50(53)44-41-38-35-32-29-25-23-20-17-14-11-8-5-2/h8,11,17,20,25,29,47H,4-7,9-10,12-16,18-19,21-24,26-28,30-46H2,1-3H3/b11-8-,20-17-,29-25-. The van der Waals surface area contributed by atoms with E-state index >= 15 is 0 Å². The van der Waals surface area contributed by atoms with Gasteiger partial charge in [0.1, 0.15) is 13.2 Å². The maximum atomic E-state index is 12.7. The van der Waals surface area contributed by atoms with E-state index in [0.29, 0.717) is 19.3 Å². The topological polar surface area (TPSA) is 78.9 Å². The molecule has 56 heavy (non-hydrogen) atoms. The van der Waals surface area contributed by atoms with Crippen LogP contribution in [0.3, 0.4) is 0 Å². The summed E-state index contributed by atoms with van der Waals surface area (Å²) in [7, 11) is 0. The lowest BCUT2D eigenvalue weighted by Crippen LogP contribution is -2.30. The second kappa shape index (κ2) is 45.3. The maximum absolute atomic E-state index is 12.7. The van der Waals surface area contributed by atoms with Crippen molar-refractivity contribution >= 4 is 17.9 Å². The van der Waals surface area contributed by atoms with Crippen molar-refractivity contribution in [3.63, 3.8) is 0 Å². The van der Waals surface area contributed by atoms with E-state index < -0.39 is 6.10 Å². The first kappa shape index (κ1) is 53.6. The molecule has 0 aliphatic heterocycles. The van der Waals surface area contributed by atoms with Gasteiger partial charge in [0, 0.05) is 19.3 Å². The van der Waals surface area contributed by atoms with Gasteiger partial charge in [-0.3, -0.25) is 14.4 Å². The average molecular weight is 787 g/mol. The molecule has 0 bridgehead atoms. The summed E-state index contributed by atoms with van der Waals surface area (Å²) >= 11 is 0. The van der Waals surface area contributed by atoms with Crippen LogP contribution in [0.5, 0.6) is 0 Å². The molecular formula is C50H90O6. The lowest BCUT2D eigenvalue weighted by molar-refractivity contribution is -0.167. The van der Waals surface area contributed by atoms with Crippen LogP contribution in [0.15, 0.2) is 36.5 Å². The van der Waals surface area contributed by atoms with Gasteiger partial charge in [-0.05, 0) is 51.4 Å². The van der Waals surface area contributed by atoms with E-state index in [2.05, 4.69) is 57.2 Å². The Morgan fingerprint density at radius 3 is 1.09 bits per heavy atom. The van der Waals surface area contributed by atoms with Crippen LogP contribution in [0.1, 0.15) is 245 Å². The number of rotatable bonds is 43. The van der Waals surface area contributed by atoms with Crippen molar-refractivity contribution in [1.29, 1.82) is 0 Å². The Kier molecular flexibility index (Phi) is 43.4. The Morgan fingerprint density at radius 1 is 0.375 bits per heavy atom. The van der Waals surface area contributed by atoms with Crippen molar-refractivity contribution in [3.8, 4) is 0 Å². The van der Waals surface area contributed by atoms with Crippen molar-refractivity contribution in [1.82, 2.24) is 0 Å². The van der Waals surface area contributed by atoms with Gasteiger partial charge in [-0.1, -0.05) is 211 Å². The van der Waals surface area contributed by atoms with Gasteiger partial charge in [0.15, 0.2) is 6.10 Å². The predicted octanol–water partition coefficient (Wildman–Crippen LogP) is 15.4. The second-order valence-corrected chi connectivity index (χ2v) is 16.0. The predicted molar refractivity (Wildman–Crippen MR) is 238 cm³/mol. The van der Waals surface area contributed by atoms with E-state index in [9.17, 15) is 14.4 Å². The largest absolute Gasteiger partial charge is 0.462 e. The zero-order chi connectivity index (χ0) is 40.8. The van der Waals surface area contributed by atoms with Crippen LogP contribution in [0.25, 0.3) is 0 Å². The van der Waals surface area contributed by atoms with Gasteiger partial charge in [0.05, 0.1) is 0 Å². The smallest absolute Gasteiger partial charge is 0.306 e. The summed E-state index contributed by atoms with van der Waals surface area (Å²) < 4.78 is 16.7. The fourth-order valence-electron chi connectivity index (χ4n) is 6.81. The van der Waals surface area contributed by atoms with Crippen molar-refractivity contribution < 1.29 is 28.6 Å². The normalized spacial score (nSPS) is 12.3. The quantitative estimate of drug-likeness (QED) is 0.0265. The third-order valence-corrected chi connectivity index (χ3v) is 10.4. The second-order valence-electron chi connectivity index (χ2n) is 16.0. The van der Waals surface area contributed by atoms with Gasteiger partial charge >= 0.3 is 17.9 Å². The van der Waals surface area contributed by atoms with Crippen molar-refractivity contribution in [2.75, 3.05) is 13.2 Å². The highest BCUT2D eigenvalue weighted by Gasteiger charge is 2.19. The van der Waals surface area contributed by atoms with E-state index in [-0.39, 0.29) is 31.1 Å². The molecule has 1 unspecified atom stereocenters. The Bertz CT molecular complexity index is 953. The molecule has 6 nitrogen and oxygen atoms in total. The number of esters is 3. The Balaban J connectivity index is 4.38. The van der Waals surface area contributed by atoms with Crippen LogP contribution in [0.4, 0.5) is 0 Å². The molecule has 0 aromatic rings. The molecule has 326 valence electrons. The molecule has 0 aliphatic rings. The van der Waals surface area contributed by atoms with E-state index in [4.69, 9.17) is 14.2 Å². The molecule has 0 fully saturated rings. The third-order valence-electron chi connectivity index (χ3n) is 10.4. The monoisotopic (exact) mass is 787 g/mol. The Hall–Kier alpha value is -2.37. The highest BCUT2D eigenvalue weighted by molar-refractivity contribution is 5.71. The zero-order valence-electron chi connectivity index (χ0n) is 37.2. The number of carbonyl (C=O) groups is 3. The highest BCUT2D eigenvalue weighted by Crippen LogP contribution is 2.15. The van der Waals surface area contributed by atoms with Crippen LogP contribution >= 0.6 is 0 Å². The minimum atomic E-state index is -0.780. The fraction of sp³-hybridized carbons (Fsp3) is 0.820. The summed E-state index contributed by atoms with van der Waals surface area (Å²) in [6.07, 6.45) is 51.2. The van der Waals surface area contributed by atoms with Crippen LogP contribution in [0.2, 0.25) is 0 Å². The first-order valence-electron chi connectivity index (χ1n) is 24.0. The molecule has 6 heteroatoms. The van der Waals surface area contributed by atoms with Crippen LogP contribution < -0.4 is 0 Å². The van der Waals surface area contributed by atoms with Crippen molar-refractivity contribution in [3.05, 3.63) is 36.5 Å². The van der Waals surface area contributed by atoms with Gasteiger partial charge in [-0.2, -0.15) is 0 Å². The fourth-order valence-corrected chi connectivity index (χ4v) is 6.81. The van der Waals surface area contributed by atoms with E-state index in [1.807, 2.05) is 0 Å². The van der Waals surface area contributed by atoms with E-state index in [1.165, 1.54) is 122 Å². The third kappa shape index (κ3) is 42.8. The Morgan fingerprint density at radius 2 is 0.696 bits per heavy atom. The number of unbranched alkanes of at least 4 members (excludes halogenated alkanes) is 26. The molecule has 0 aromatic carbocycles. The maximum Gasteiger partial charge on any atom is 0.306 e. The van der Waals surface area contributed by atoms with Gasteiger partial charge < -0.3 is 14.2 Å². The molecule has 0 saturated carbocycles. The molecule has 0 amide bonds. The summed E-state index contributed by atoms with van der Waals surface area (Å²) in [5.41, 5.74) is 0. The summed E-state index contributed by atoms with van der Waals surface area (Å²) in [6, 6.07) is 0. The minimum absolute atomic E-state index is 0.0803. The summed E-state index contributed by atoms with van der Waals surface area (Å²) in [5.74, 6) is -0.904. The SMILES string of the molecule is CC/C=C\C/C=C\C/C=C\CCCCCC(=O)OC(COC(=O)CCCCCCCCCCCCC)COC(=O)CCCCCCCCCCCCCCCC. The number of carbonyl (C=O) groups excluding carboxylic acids is 3. The minimum Gasteiger partial charge on any atom is -0.462 e. The lowest BCUT2D eigenvalue weighted by atomic mass is 10.0. The van der Waals surface area contributed by atoms with Crippen molar-refractivity contribution in [2.24, 2.45) is 0 Å². The van der Waals surface area contributed by atoms with Gasteiger partial charge in [0.25, 0.3) is 0 Å². The summed E-state index contributed by atoms with van der Waals surface area (Å²) in [4.78, 5) is 37.8. The molecule has 0 aliphatic carbocycles. The molecule has 0 radical (unpaired) electrons. The lowest BCUT2D eigenvalue weighted by Gasteiger charge is -2.18. The molecular weight excluding hydrogens is 697 g/mol. The van der Waals surface area contributed by atoms with Gasteiger partial charge in [0.2, 0.25) is 0 Å². The molecule has 1 atom stereocenters. The van der Waals surface area contributed by atoms with Gasteiger partial charge in [-0.25, -0.2) is 0 Å².